The van der Waals surface area contributed by atoms with Crippen LogP contribution in [0.15, 0.2) is 36.4 Å². The number of fused-ring (bicyclic) bond motifs is 1. The fourth-order valence-electron chi connectivity index (χ4n) is 5.31. The van der Waals surface area contributed by atoms with Gasteiger partial charge >= 0.3 is 0 Å². The molecule has 2 fully saturated rings. The molecule has 3 aliphatic rings. The number of likely N-dealkylation sites (tertiary alicyclic amines) is 1. The number of anilines is 1. The predicted molar refractivity (Wildman–Crippen MR) is 139 cm³/mol. The van der Waals surface area contributed by atoms with Gasteiger partial charge in [-0.1, -0.05) is 50.5 Å². The molecule has 34 heavy (non-hydrogen) atoms. The highest BCUT2D eigenvalue weighted by atomic mass is 35.5. The van der Waals surface area contributed by atoms with Crippen molar-refractivity contribution >= 4 is 29.9 Å². The number of rotatable bonds is 11. The van der Waals surface area contributed by atoms with Gasteiger partial charge in [0.05, 0.1) is 24.1 Å². The number of carbonyl (C=O) groups is 2. The monoisotopic (exact) mass is 489 g/mol. The molecule has 2 aliphatic heterocycles. The smallest absolute Gasteiger partial charge is 0.233 e. The molecule has 1 aliphatic carbocycles. The van der Waals surface area contributed by atoms with Crippen LogP contribution in [0.4, 0.5) is 5.69 Å². The zero-order valence-corrected chi connectivity index (χ0v) is 21.3. The second-order valence-electron chi connectivity index (χ2n) is 9.54. The van der Waals surface area contributed by atoms with Crippen molar-refractivity contribution < 1.29 is 14.3 Å². The van der Waals surface area contributed by atoms with Gasteiger partial charge in [-0.3, -0.25) is 19.4 Å². The van der Waals surface area contributed by atoms with E-state index in [0.717, 1.165) is 70.8 Å². The zero-order chi connectivity index (χ0) is 23.0. The zero-order valence-electron chi connectivity index (χ0n) is 20.5. The van der Waals surface area contributed by atoms with E-state index in [4.69, 9.17) is 4.74 Å². The summed E-state index contributed by atoms with van der Waals surface area (Å²) < 4.78 is 6.12. The van der Waals surface area contributed by atoms with Crippen molar-refractivity contribution in [1.82, 2.24) is 9.80 Å². The van der Waals surface area contributed by atoms with Gasteiger partial charge in [-0.05, 0) is 44.4 Å². The van der Waals surface area contributed by atoms with E-state index in [1.807, 2.05) is 18.2 Å². The fourth-order valence-corrected chi connectivity index (χ4v) is 5.31. The SMILES string of the molecule is CCCCCCOc1ccccc1N1CCN(CCCN2C(=O)C3CC=CCC3C2=O)CC1.Cl. The van der Waals surface area contributed by atoms with Gasteiger partial charge in [-0.2, -0.15) is 0 Å². The van der Waals surface area contributed by atoms with E-state index < -0.39 is 0 Å². The van der Waals surface area contributed by atoms with E-state index in [-0.39, 0.29) is 36.1 Å². The van der Waals surface area contributed by atoms with Crippen LogP contribution in [0.3, 0.4) is 0 Å². The standard InChI is InChI=1S/C27H39N3O3.ClH/c1-2-3-4-9-21-33-25-14-8-7-13-24(25)29-19-17-28(18-20-29)15-10-16-30-26(31)22-11-5-6-12-23(22)27(30)32;/h5-8,13-14,22-23H,2-4,9-12,15-21H2,1H3;1H. The number of benzene rings is 1. The van der Waals surface area contributed by atoms with Crippen LogP contribution in [-0.2, 0) is 9.59 Å². The number of amides is 2. The molecule has 0 radical (unpaired) electrons. The number of imide groups is 1. The number of unbranched alkanes of at least 4 members (excludes halogenated alkanes) is 3. The molecule has 7 heteroatoms. The Labute approximate surface area is 210 Å². The van der Waals surface area contributed by atoms with Crippen LogP contribution in [-0.4, -0.2) is 67.5 Å². The maximum Gasteiger partial charge on any atom is 0.233 e. The summed E-state index contributed by atoms with van der Waals surface area (Å²) in [6, 6.07) is 8.38. The van der Waals surface area contributed by atoms with Gasteiger partial charge in [0.25, 0.3) is 0 Å². The fraction of sp³-hybridized carbons (Fsp3) is 0.630. The molecule has 0 spiro atoms. The van der Waals surface area contributed by atoms with E-state index in [0.29, 0.717) is 6.54 Å². The lowest BCUT2D eigenvalue weighted by Gasteiger charge is -2.37. The molecule has 0 N–H and O–H groups in total. The van der Waals surface area contributed by atoms with E-state index in [1.54, 1.807) is 0 Å². The third-order valence-electron chi connectivity index (χ3n) is 7.29. The van der Waals surface area contributed by atoms with Crippen molar-refractivity contribution in [2.45, 2.75) is 51.9 Å². The van der Waals surface area contributed by atoms with Crippen molar-refractivity contribution in [3.63, 3.8) is 0 Å². The molecule has 0 aromatic heterocycles. The maximum absolute atomic E-state index is 12.6. The lowest BCUT2D eigenvalue weighted by Crippen LogP contribution is -2.47. The van der Waals surface area contributed by atoms with E-state index >= 15 is 0 Å². The van der Waals surface area contributed by atoms with Gasteiger partial charge in [0.1, 0.15) is 5.75 Å². The number of carbonyl (C=O) groups excluding carboxylic acids is 2. The van der Waals surface area contributed by atoms with Crippen LogP contribution in [0.5, 0.6) is 5.75 Å². The molecule has 0 bridgehead atoms. The minimum atomic E-state index is -0.111. The highest BCUT2D eigenvalue weighted by Gasteiger charge is 2.46. The van der Waals surface area contributed by atoms with E-state index in [9.17, 15) is 9.59 Å². The van der Waals surface area contributed by atoms with Crippen molar-refractivity contribution in [1.29, 1.82) is 0 Å². The second-order valence-corrected chi connectivity index (χ2v) is 9.54. The summed E-state index contributed by atoms with van der Waals surface area (Å²) in [5, 5.41) is 0. The normalized spacial score (nSPS) is 22.6. The summed E-state index contributed by atoms with van der Waals surface area (Å²) in [6.07, 6.45) is 11.2. The summed E-state index contributed by atoms with van der Waals surface area (Å²) in [7, 11) is 0. The number of nitrogens with zero attached hydrogens (tertiary/aromatic N) is 3. The quantitative estimate of drug-likeness (QED) is 0.259. The number of hydrogen-bond acceptors (Lipinski definition) is 5. The van der Waals surface area contributed by atoms with Gasteiger partial charge in [0.15, 0.2) is 0 Å². The number of ether oxygens (including phenoxy) is 1. The Morgan fingerprint density at radius 1 is 0.853 bits per heavy atom. The molecule has 4 rings (SSSR count). The van der Waals surface area contributed by atoms with Crippen LogP contribution < -0.4 is 9.64 Å². The average Bonchev–Trinajstić information content (AvgIpc) is 3.10. The van der Waals surface area contributed by atoms with Crippen molar-refractivity contribution in [2.24, 2.45) is 11.8 Å². The predicted octanol–water partition coefficient (Wildman–Crippen LogP) is 4.53. The topological polar surface area (TPSA) is 53.1 Å². The Hall–Kier alpha value is -2.05. The molecule has 2 amide bonds. The second kappa shape index (κ2) is 13.1. The Bertz CT molecular complexity index is 812. The Morgan fingerprint density at radius 3 is 2.21 bits per heavy atom. The van der Waals surface area contributed by atoms with Gasteiger partial charge in [0, 0.05) is 32.7 Å². The van der Waals surface area contributed by atoms with Crippen LogP contribution in [0.2, 0.25) is 0 Å². The molecule has 1 aromatic rings. The minimum Gasteiger partial charge on any atom is -0.491 e. The number of piperazine rings is 1. The third-order valence-corrected chi connectivity index (χ3v) is 7.29. The lowest BCUT2D eigenvalue weighted by molar-refractivity contribution is -0.140. The van der Waals surface area contributed by atoms with Gasteiger partial charge in [-0.25, -0.2) is 0 Å². The van der Waals surface area contributed by atoms with Gasteiger partial charge in [0.2, 0.25) is 11.8 Å². The van der Waals surface area contributed by atoms with Crippen molar-refractivity contribution in [2.75, 3.05) is 50.8 Å². The summed E-state index contributed by atoms with van der Waals surface area (Å²) in [6.45, 7) is 8.39. The number of allylic oxidation sites excluding steroid dienone is 2. The third kappa shape index (κ3) is 6.33. The molecule has 2 unspecified atom stereocenters. The van der Waals surface area contributed by atoms with Gasteiger partial charge in [-0.15, -0.1) is 12.4 Å². The molecule has 2 heterocycles. The summed E-state index contributed by atoms with van der Waals surface area (Å²) >= 11 is 0. The summed E-state index contributed by atoms with van der Waals surface area (Å²) in [4.78, 5) is 31.7. The van der Waals surface area contributed by atoms with Crippen molar-refractivity contribution in [3.05, 3.63) is 36.4 Å². The van der Waals surface area contributed by atoms with Crippen molar-refractivity contribution in [3.8, 4) is 5.75 Å². The molecule has 2 atom stereocenters. The summed E-state index contributed by atoms with van der Waals surface area (Å²) in [5.74, 6) is 0.861. The molecule has 188 valence electrons. The molecule has 1 aromatic carbocycles. The van der Waals surface area contributed by atoms with Crippen LogP contribution in [0, 0.1) is 11.8 Å². The number of halogens is 1. The Kier molecular flexibility index (Phi) is 10.3. The molecule has 0 saturated carbocycles. The summed E-state index contributed by atoms with van der Waals surface area (Å²) in [5.41, 5.74) is 1.19. The number of para-hydroxylation sites is 2. The first kappa shape index (κ1) is 26.6. The first-order valence-corrected chi connectivity index (χ1v) is 12.9. The molecular formula is C27H40ClN3O3. The largest absolute Gasteiger partial charge is 0.491 e. The minimum absolute atomic E-state index is 0. The highest BCUT2D eigenvalue weighted by molar-refractivity contribution is 6.05. The highest BCUT2D eigenvalue weighted by Crippen LogP contribution is 2.35. The lowest BCUT2D eigenvalue weighted by atomic mass is 9.85. The van der Waals surface area contributed by atoms with Crippen LogP contribution >= 0.6 is 12.4 Å². The first-order valence-electron chi connectivity index (χ1n) is 12.9. The molecular weight excluding hydrogens is 450 g/mol. The van der Waals surface area contributed by atoms with E-state index in [2.05, 4.69) is 34.9 Å². The van der Waals surface area contributed by atoms with Crippen LogP contribution in [0.1, 0.15) is 51.9 Å². The number of hydrogen-bond donors (Lipinski definition) is 0. The average molecular weight is 490 g/mol. The molecule has 6 nitrogen and oxygen atoms in total. The van der Waals surface area contributed by atoms with Crippen LogP contribution in [0.25, 0.3) is 0 Å². The van der Waals surface area contributed by atoms with E-state index in [1.165, 1.54) is 29.8 Å². The maximum atomic E-state index is 12.6. The Morgan fingerprint density at radius 2 is 1.53 bits per heavy atom. The first-order chi connectivity index (χ1) is 16.2. The Balaban J connectivity index is 0.00000324. The molecule has 2 saturated heterocycles. The van der Waals surface area contributed by atoms with Gasteiger partial charge < -0.3 is 9.64 Å².